The first-order valence-corrected chi connectivity index (χ1v) is 5.51. The first-order valence-electron chi connectivity index (χ1n) is 5.51. The molecule has 0 aromatic heterocycles. The largest absolute Gasteiger partial charge is 0.274 e. The Morgan fingerprint density at radius 2 is 2.25 bits per heavy atom. The van der Waals surface area contributed by atoms with Gasteiger partial charge in [0.15, 0.2) is 6.19 Å². The lowest BCUT2D eigenvalue weighted by Crippen LogP contribution is -2.31. The molecule has 0 bridgehead atoms. The lowest BCUT2D eigenvalue weighted by Gasteiger charge is -2.30. The number of carbonyl (C=O) groups excluding carboxylic acids is 1. The summed E-state index contributed by atoms with van der Waals surface area (Å²) in [6.07, 6.45) is 4.96. The maximum Gasteiger partial charge on any atom is 0.233 e. The molecule has 3 heteroatoms. The Morgan fingerprint density at radius 3 is 2.94 bits per heavy atom. The zero-order valence-electron chi connectivity index (χ0n) is 9.31. The van der Waals surface area contributed by atoms with E-state index in [-0.39, 0.29) is 11.9 Å². The zero-order valence-corrected chi connectivity index (χ0v) is 9.31. The van der Waals surface area contributed by atoms with E-state index in [2.05, 4.69) is 6.07 Å². The average Bonchev–Trinajstić information content (AvgIpc) is 2.30. The van der Waals surface area contributed by atoms with E-state index in [9.17, 15) is 4.79 Å². The van der Waals surface area contributed by atoms with Gasteiger partial charge in [-0.3, -0.25) is 4.79 Å². The second kappa shape index (κ2) is 4.36. The number of rotatable bonds is 1. The van der Waals surface area contributed by atoms with E-state index in [0.717, 1.165) is 24.8 Å². The van der Waals surface area contributed by atoms with Gasteiger partial charge >= 0.3 is 0 Å². The Morgan fingerprint density at radius 1 is 1.50 bits per heavy atom. The van der Waals surface area contributed by atoms with Crippen LogP contribution in [0.25, 0.3) is 0 Å². The molecule has 3 nitrogen and oxygen atoms in total. The summed E-state index contributed by atoms with van der Waals surface area (Å²) in [5, 5.41) is 9.03. The van der Waals surface area contributed by atoms with Crippen LogP contribution >= 0.6 is 0 Å². The molecule has 16 heavy (non-hydrogen) atoms. The number of hydrogen-bond acceptors (Lipinski definition) is 2. The number of fused-ring (bicyclic) bond motifs is 1. The van der Waals surface area contributed by atoms with Crippen molar-refractivity contribution in [3.8, 4) is 6.19 Å². The summed E-state index contributed by atoms with van der Waals surface area (Å²) in [6, 6.07) is 8.01. The summed E-state index contributed by atoms with van der Waals surface area (Å²) in [4.78, 5) is 12.7. The Bertz CT molecular complexity index is 447. The number of amides is 1. The Kier molecular flexibility index (Phi) is 2.91. The SMILES string of the molecule is CC(=O)N(C#N)C1CCCc2ccccc21. The number of benzene rings is 1. The van der Waals surface area contributed by atoms with Crippen LogP contribution in [0.4, 0.5) is 0 Å². The van der Waals surface area contributed by atoms with E-state index in [4.69, 9.17) is 5.26 Å². The van der Waals surface area contributed by atoms with E-state index in [1.807, 2.05) is 24.4 Å². The minimum Gasteiger partial charge on any atom is -0.274 e. The third-order valence-electron chi connectivity index (χ3n) is 3.10. The third kappa shape index (κ3) is 1.79. The second-order valence-electron chi connectivity index (χ2n) is 4.10. The molecular formula is C13H14N2O. The first kappa shape index (κ1) is 10.7. The van der Waals surface area contributed by atoms with Crippen molar-refractivity contribution in [3.63, 3.8) is 0 Å². The molecule has 0 N–H and O–H groups in total. The number of nitrogens with zero attached hydrogens (tertiary/aromatic N) is 2. The van der Waals surface area contributed by atoms with Crippen LogP contribution in [0, 0.1) is 11.5 Å². The maximum absolute atomic E-state index is 11.4. The molecule has 82 valence electrons. The summed E-state index contributed by atoms with van der Waals surface area (Å²) in [7, 11) is 0. The van der Waals surface area contributed by atoms with Crippen molar-refractivity contribution in [2.24, 2.45) is 0 Å². The highest BCUT2D eigenvalue weighted by molar-refractivity contribution is 5.75. The fourth-order valence-corrected chi connectivity index (χ4v) is 2.36. The fraction of sp³-hybridized carbons (Fsp3) is 0.385. The minimum atomic E-state index is -0.177. The monoisotopic (exact) mass is 214 g/mol. The minimum absolute atomic E-state index is 0.0625. The molecule has 0 radical (unpaired) electrons. The highest BCUT2D eigenvalue weighted by Gasteiger charge is 2.27. The fourth-order valence-electron chi connectivity index (χ4n) is 2.36. The number of carbonyl (C=O) groups is 1. The van der Waals surface area contributed by atoms with E-state index in [1.54, 1.807) is 0 Å². The van der Waals surface area contributed by atoms with E-state index < -0.39 is 0 Å². The molecule has 1 amide bonds. The number of hydrogen-bond donors (Lipinski definition) is 0. The van der Waals surface area contributed by atoms with Crippen LogP contribution in [0.3, 0.4) is 0 Å². The zero-order chi connectivity index (χ0) is 11.5. The molecule has 0 saturated heterocycles. The average molecular weight is 214 g/mol. The van der Waals surface area contributed by atoms with Crippen molar-refractivity contribution in [1.82, 2.24) is 4.90 Å². The summed E-state index contributed by atoms with van der Waals surface area (Å²) in [6.45, 7) is 1.44. The molecule has 1 aromatic rings. The molecule has 0 fully saturated rings. The molecule has 1 aromatic carbocycles. The molecule has 0 spiro atoms. The van der Waals surface area contributed by atoms with Crippen LogP contribution in [-0.2, 0) is 11.2 Å². The Hall–Kier alpha value is -1.82. The van der Waals surface area contributed by atoms with Gasteiger partial charge in [0, 0.05) is 6.92 Å². The standard InChI is InChI=1S/C13H14N2O/c1-10(16)15(9-14)13-8-4-6-11-5-2-3-7-12(11)13/h2-3,5,7,13H,4,6,8H2,1H3. The Balaban J connectivity index is 2.38. The van der Waals surface area contributed by atoms with Crippen LogP contribution in [0.2, 0.25) is 0 Å². The smallest absolute Gasteiger partial charge is 0.233 e. The van der Waals surface area contributed by atoms with Gasteiger partial charge in [0.05, 0.1) is 6.04 Å². The quantitative estimate of drug-likeness (QED) is 0.532. The second-order valence-corrected chi connectivity index (χ2v) is 4.10. The van der Waals surface area contributed by atoms with Gasteiger partial charge in [0.1, 0.15) is 0 Å². The summed E-state index contributed by atoms with van der Waals surface area (Å²) in [5.74, 6) is -0.177. The van der Waals surface area contributed by atoms with Crippen LogP contribution in [0.5, 0.6) is 0 Å². The molecule has 1 atom stereocenters. The highest BCUT2D eigenvalue weighted by atomic mass is 16.2. The molecule has 2 rings (SSSR count). The van der Waals surface area contributed by atoms with Gasteiger partial charge in [-0.1, -0.05) is 24.3 Å². The van der Waals surface area contributed by atoms with Crippen molar-refractivity contribution in [2.75, 3.05) is 0 Å². The lowest BCUT2D eigenvalue weighted by atomic mass is 9.87. The Labute approximate surface area is 95.3 Å². The summed E-state index contributed by atoms with van der Waals surface area (Å²) in [5.41, 5.74) is 2.39. The molecule has 1 unspecified atom stereocenters. The van der Waals surface area contributed by atoms with E-state index >= 15 is 0 Å². The van der Waals surface area contributed by atoms with E-state index in [1.165, 1.54) is 17.4 Å². The molecular weight excluding hydrogens is 200 g/mol. The van der Waals surface area contributed by atoms with Crippen LogP contribution < -0.4 is 0 Å². The van der Waals surface area contributed by atoms with E-state index in [0.29, 0.717) is 0 Å². The third-order valence-corrected chi connectivity index (χ3v) is 3.10. The number of aryl methyl sites for hydroxylation is 1. The van der Waals surface area contributed by atoms with Crippen LogP contribution in [-0.4, -0.2) is 10.8 Å². The van der Waals surface area contributed by atoms with Crippen molar-refractivity contribution in [3.05, 3.63) is 35.4 Å². The normalized spacial score (nSPS) is 18.4. The van der Waals surface area contributed by atoms with Gasteiger partial charge < -0.3 is 0 Å². The van der Waals surface area contributed by atoms with Crippen molar-refractivity contribution in [2.45, 2.75) is 32.2 Å². The van der Waals surface area contributed by atoms with Gasteiger partial charge in [-0.05, 0) is 30.4 Å². The molecule has 0 saturated carbocycles. The van der Waals surface area contributed by atoms with Gasteiger partial charge in [-0.2, -0.15) is 5.26 Å². The summed E-state index contributed by atoms with van der Waals surface area (Å²) >= 11 is 0. The van der Waals surface area contributed by atoms with Gasteiger partial charge in [-0.25, -0.2) is 4.90 Å². The number of nitriles is 1. The van der Waals surface area contributed by atoms with Crippen molar-refractivity contribution in [1.29, 1.82) is 5.26 Å². The predicted molar refractivity (Wildman–Crippen MR) is 60.3 cm³/mol. The van der Waals surface area contributed by atoms with Crippen molar-refractivity contribution >= 4 is 5.91 Å². The summed E-state index contributed by atoms with van der Waals surface area (Å²) < 4.78 is 0. The van der Waals surface area contributed by atoms with Gasteiger partial charge in [0.2, 0.25) is 5.91 Å². The highest BCUT2D eigenvalue weighted by Crippen LogP contribution is 2.33. The molecule has 1 aliphatic carbocycles. The molecule has 0 aliphatic heterocycles. The lowest BCUT2D eigenvalue weighted by molar-refractivity contribution is -0.127. The predicted octanol–water partition coefficient (Wildman–Crippen LogP) is 2.39. The maximum atomic E-state index is 11.4. The first-order chi connectivity index (χ1) is 7.74. The van der Waals surface area contributed by atoms with Crippen LogP contribution in [0.15, 0.2) is 24.3 Å². The van der Waals surface area contributed by atoms with Gasteiger partial charge in [0.25, 0.3) is 0 Å². The van der Waals surface area contributed by atoms with Gasteiger partial charge in [-0.15, -0.1) is 0 Å². The van der Waals surface area contributed by atoms with Crippen molar-refractivity contribution < 1.29 is 4.79 Å². The molecule has 1 aliphatic rings. The van der Waals surface area contributed by atoms with Crippen LogP contribution in [0.1, 0.15) is 36.9 Å². The topological polar surface area (TPSA) is 44.1 Å². The molecule has 0 heterocycles.